The molecule has 0 aliphatic carbocycles. The number of carbonyl (C=O) groups excluding carboxylic acids is 1. The molecule has 0 amide bonds. The highest BCUT2D eigenvalue weighted by Crippen LogP contribution is 2.20. The van der Waals surface area contributed by atoms with E-state index in [0.29, 0.717) is 5.56 Å². The van der Waals surface area contributed by atoms with Gasteiger partial charge in [-0.3, -0.25) is 4.79 Å². The Morgan fingerprint density at radius 3 is 2.68 bits per heavy atom. The lowest BCUT2D eigenvalue weighted by atomic mass is 10.1. The fourth-order valence-corrected chi connectivity index (χ4v) is 1.96. The number of rotatable bonds is 3. The van der Waals surface area contributed by atoms with E-state index in [0.717, 1.165) is 22.4 Å². The number of H-pyrrole nitrogens is 1. The van der Waals surface area contributed by atoms with Gasteiger partial charge in [0, 0.05) is 22.8 Å². The summed E-state index contributed by atoms with van der Waals surface area (Å²) in [6.07, 6.45) is 3.64. The molecule has 0 radical (unpaired) electrons. The van der Waals surface area contributed by atoms with Gasteiger partial charge >= 0.3 is 0 Å². The number of hydrogen-bond donors (Lipinski definition) is 2. The molecule has 19 heavy (non-hydrogen) atoms. The van der Waals surface area contributed by atoms with Crippen molar-refractivity contribution in [2.24, 2.45) is 0 Å². The van der Waals surface area contributed by atoms with Crippen molar-refractivity contribution < 1.29 is 4.79 Å². The average molecular weight is 251 g/mol. The van der Waals surface area contributed by atoms with Gasteiger partial charge in [0.1, 0.15) is 5.65 Å². The third-order valence-corrected chi connectivity index (χ3v) is 2.98. The largest absolute Gasteiger partial charge is 0.354 e. The van der Waals surface area contributed by atoms with E-state index in [2.05, 4.69) is 15.3 Å². The molecular formula is C15H13N3O. The quantitative estimate of drug-likeness (QED) is 0.700. The lowest BCUT2D eigenvalue weighted by Gasteiger charge is -2.06. The van der Waals surface area contributed by atoms with Gasteiger partial charge in [-0.2, -0.15) is 0 Å². The molecule has 0 aliphatic rings. The molecule has 0 atom stereocenters. The van der Waals surface area contributed by atoms with Gasteiger partial charge in [0.25, 0.3) is 0 Å². The topological polar surface area (TPSA) is 57.8 Å². The first-order chi connectivity index (χ1) is 9.22. The summed E-state index contributed by atoms with van der Waals surface area (Å²) in [5.41, 5.74) is 3.44. The SMILES string of the molecule is CC(=O)c1ccc(Nc2cnc3[nH]ccc3c2)cc1. The lowest BCUT2D eigenvalue weighted by Crippen LogP contribution is -1.94. The zero-order valence-electron chi connectivity index (χ0n) is 10.5. The monoisotopic (exact) mass is 251 g/mol. The van der Waals surface area contributed by atoms with Crippen LogP contribution in [0.25, 0.3) is 11.0 Å². The third kappa shape index (κ3) is 2.33. The van der Waals surface area contributed by atoms with Crippen LogP contribution in [0.1, 0.15) is 17.3 Å². The Kier molecular flexibility index (Phi) is 2.76. The van der Waals surface area contributed by atoms with Crippen molar-refractivity contribution in [2.75, 3.05) is 5.32 Å². The number of Topliss-reactive ketones (excluding diaryl/α,β-unsaturated/α-hetero) is 1. The molecule has 2 N–H and O–H groups in total. The van der Waals surface area contributed by atoms with Crippen LogP contribution in [-0.4, -0.2) is 15.8 Å². The molecule has 0 spiro atoms. The number of pyridine rings is 1. The Balaban J connectivity index is 1.85. The summed E-state index contributed by atoms with van der Waals surface area (Å²) in [4.78, 5) is 18.6. The first-order valence-electron chi connectivity index (χ1n) is 6.03. The van der Waals surface area contributed by atoms with Gasteiger partial charge in [-0.05, 0) is 43.3 Å². The van der Waals surface area contributed by atoms with E-state index >= 15 is 0 Å². The zero-order valence-corrected chi connectivity index (χ0v) is 10.5. The van der Waals surface area contributed by atoms with Gasteiger partial charge in [0.2, 0.25) is 0 Å². The van der Waals surface area contributed by atoms with Crippen molar-refractivity contribution in [3.05, 3.63) is 54.4 Å². The number of nitrogens with one attached hydrogen (secondary N) is 2. The highest BCUT2D eigenvalue weighted by Gasteiger charge is 2.01. The Hall–Kier alpha value is -2.62. The van der Waals surface area contributed by atoms with E-state index in [1.54, 1.807) is 13.1 Å². The van der Waals surface area contributed by atoms with Crippen LogP contribution < -0.4 is 5.32 Å². The molecule has 0 saturated carbocycles. The van der Waals surface area contributed by atoms with Crippen LogP contribution in [0.4, 0.5) is 11.4 Å². The van der Waals surface area contributed by atoms with E-state index in [4.69, 9.17) is 0 Å². The van der Waals surface area contributed by atoms with E-state index in [-0.39, 0.29) is 5.78 Å². The standard InChI is InChI=1S/C15H13N3O/c1-10(19)11-2-4-13(5-3-11)18-14-8-12-6-7-16-15(12)17-9-14/h2-9,18H,1H3,(H,16,17). The van der Waals surface area contributed by atoms with Crippen LogP contribution in [-0.2, 0) is 0 Å². The second-order valence-electron chi connectivity index (χ2n) is 4.40. The number of hydrogen-bond acceptors (Lipinski definition) is 3. The number of aromatic amines is 1. The molecule has 4 nitrogen and oxygen atoms in total. The summed E-state index contributed by atoms with van der Waals surface area (Å²) in [6.45, 7) is 1.56. The second kappa shape index (κ2) is 4.57. The second-order valence-corrected chi connectivity index (χ2v) is 4.40. The lowest BCUT2D eigenvalue weighted by molar-refractivity contribution is 0.101. The zero-order chi connectivity index (χ0) is 13.2. The van der Waals surface area contributed by atoms with E-state index in [9.17, 15) is 4.79 Å². The summed E-state index contributed by atoms with van der Waals surface area (Å²) in [7, 11) is 0. The van der Waals surface area contributed by atoms with E-state index < -0.39 is 0 Å². The van der Waals surface area contributed by atoms with Crippen molar-refractivity contribution in [1.29, 1.82) is 0 Å². The Morgan fingerprint density at radius 1 is 1.16 bits per heavy atom. The summed E-state index contributed by atoms with van der Waals surface area (Å²) < 4.78 is 0. The molecule has 3 aromatic rings. The highest BCUT2D eigenvalue weighted by atomic mass is 16.1. The molecule has 2 heterocycles. The molecule has 0 bridgehead atoms. The van der Waals surface area contributed by atoms with Crippen molar-refractivity contribution in [2.45, 2.75) is 6.92 Å². The molecule has 0 saturated heterocycles. The fraction of sp³-hybridized carbons (Fsp3) is 0.0667. The van der Waals surface area contributed by atoms with Crippen molar-refractivity contribution in [3.63, 3.8) is 0 Å². The van der Waals surface area contributed by atoms with Crippen molar-refractivity contribution in [3.8, 4) is 0 Å². The minimum Gasteiger partial charge on any atom is -0.354 e. The number of ketones is 1. The fourth-order valence-electron chi connectivity index (χ4n) is 1.96. The van der Waals surface area contributed by atoms with Gasteiger partial charge in [0.05, 0.1) is 11.9 Å². The molecule has 2 aromatic heterocycles. The van der Waals surface area contributed by atoms with Gasteiger partial charge < -0.3 is 10.3 Å². The van der Waals surface area contributed by atoms with Crippen LogP contribution in [0.3, 0.4) is 0 Å². The third-order valence-electron chi connectivity index (χ3n) is 2.98. The maximum Gasteiger partial charge on any atom is 0.159 e. The van der Waals surface area contributed by atoms with Crippen LogP contribution in [0.15, 0.2) is 48.8 Å². The van der Waals surface area contributed by atoms with Crippen LogP contribution >= 0.6 is 0 Å². The number of fused-ring (bicyclic) bond motifs is 1. The molecule has 4 heteroatoms. The predicted octanol–water partition coefficient (Wildman–Crippen LogP) is 3.51. The summed E-state index contributed by atoms with van der Waals surface area (Å²) >= 11 is 0. The summed E-state index contributed by atoms with van der Waals surface area (Å²) in [5.74, 6) is 0.0713. The Bertz CT molecular complexity index is 728. The van der Waals surface area contributed by atoms with E-state index in [1.807, 2.05) is 42.6 Å². The number of aromatic nitrogens is 2. The summed E-state index contributed by atoms with van der Waals surface area (Å²) in [5, 5.41) is 4.32. The molecular weight excluding hydrogens is 238 g/mol. The highest BCUT2D eigenvalue weighted by molar-refractivity contribution is 5.94. The number of carbonyl (C=O) groups is 1. The van der Waals surface area contributed by atoms with Crippen LogP contribution in [0.2, 0.25) is 0 Å². The number of nitrogens with zero attached hydrogens (tertiary/aromatic N) is 1. The van der Waals surface area contributed by atoms with Gasteiger partial charge in [-0.1, -0.05) is 0 Å². The maximum atomic E-state index is 11.2. The average Bonchev–Trinajstić information content (AvgIpc) is 2.87. The molecule has 0 aliphatic heterocycles. The summed E-state index contributed by atoms with van der Waals surface area (Å²) in [6, 6.07) is 11.4. The van der Waals surface area contributed by atoms with E-state index in [1.165, 1.54) is 0 Å². The molecule has 1 aromatic carbocycles. The maximum absolute atomic E-state index is 11.2. The smallest absolute Gasteiger partial charge is 0.159 e. The molecule has 0 fully saturated rings. The minimum absolute atomic E-state index is 0.0713. The van der Waals surface area contributed by atoms with Gasteiger partial charge in [0.15, 0.2) is 5.78 Å². The molecule has 0 unspecified atom stereocenters. The Labute approximate surface area is 110 Å². The predicted molar refractivity (Wildman–Crippen MR) is 75.8 cm³/mol. The first-order valence-corrected chi connectivity index (χ1v) is 6.03. The number of benzene rings is 1. The normalized spacial score (nSPS) is 10.6. The van der Waals surface area contributed by atoms with Crippen molar-refractivity contribution in [1.82, 2.24) is 9.97 Å². The number of anilines is 2. The van der Waals surface area contributed by atoms with Gasteiger partial charge in [-0.15, -0.1) is 0 Å². The molecule has 3 rings (SSSR count). The van der Waals surface area contributed by atoms with Crippen molar-refractivity contribution >= 4 is 28.2 Å². The first kappa shape index (κ1) is 11.5. The van der Waals surface area contributed by atoms with Gasteiger partial charge in [-0.25, -0.2) is 4.98 Å². The Morgan fingerprint density at radius 2 is 1.95 bits per heavy atom. The van der Waals surface area contributed by atoms with Crippen LogP contribution in [0, 0.1) is 0 Å². The van der Waals surface area contributed by atoms with Crippen LogP contribution in [0.5, 0.6) is 0 Å². The minimum atomic E-state index is 0.0713. The molecule has 94 valence electrons.